The minimum Gasteiger partial charge on any atom is -0.404 e. The molecule has 0 unspecified atom stereocenters. The molecule has 0 atom stereocenters. The van der Waals surface area contributed by atoms with Crippen LogP contribution >= 0.6 is 0 Å². The van der Waals surface area contributed by atoms with Gasteiger partial charge in [-0.3, -0.25) is 4.99 Å². The van der Waals surface area contributed by atoms with Gasteiger partial charge in [0.05, 0.1) is 0 Å². The molecule has 0 aromatic rings. The van der Waals surface area contributed by atoms with Crippen molar-refractivity contribution >= 4 is 6.21 Å². The van der Waals surface area contributed by atoms with E-state index in [1.807, 2.05) is 12.2 Å². The highest BCUT2D eigenvalue weighted by atomic mass is 14.6. The van der Waals surface area contributed by atoms with Crippen LogP contribution in [0.1, 0.15) is 13.8 Å². The fraction of sp³-hybridized carbons (Fsp3) is 0.444. The SMILES string of the molecule is C\N=C/C=C\C(=C\N)C(C)C. The first-order valence-electron chi connectivity index (χ1n) is 3.73. The highest BCUT2D eigenvalue weighted by Crippen LogP contribution is 2.08. The summed E-state index contributed by atoms with van der Waals surface area (Å²) < 4.78 is 0. The van der Waals surface area contributed by atoms with Gasteiger partial charge in [0.25, 0.3) is 0 Å². The molecule has 0 rings (SSSR count). The van der Waals surface area contributed by atoms with E-state index in [1.54, 1.807) is 19.5 Å². The Labute approximate surface area is 68.5 Å². The van der Waals surface area contributed by atoms with Gasteiger partial charge in [0.15, 0.2) is 0 Å². The number of rotatable bonds is 3. The lowest BCUT2D eigenvalue weighted by Gasteiger charge is -2.02. The van der Waals surface area contributed by atoms with Gasteiger partial charge in [-0.05, 0) is 23.8 Å². The number of hydrogen-bond acceptors (Lipinski definition) is 2. The second kappa shape index (κ2) is 5.71. The smallest absolute Gasteiger partial charge is 0.0277 e. The summed E-state index contributed by atoms with van der Waals surface area (Å²) in [6.45, 7) is 4.21. The van der Waals surface area contributed by atoms with E-state index in [-0.39, 0.29) is 0 Å². The van der Waals surface area contributed by atoms with Gasteiger partial charge in [-0.2, -0.15) is 0 Å². The second-order valence-electron chi connectivity index (χ2n) is 2.59. The Morgan fingerprint density at radius 3 is 2.45 bits per heavy atom. The Kier molecular flexibility index (Phi) is 5.17. The molecular formula is C9H16N2. The second-order valence-corrected chi connectivity index (χ2v) is 2.59. The van der Waals surface area contributed by atoms with Gasteiger partial charge < -0.3 is 5.73 Å². The molecule has 0 radical (unpaired) electrons. The monoisotopic (exact) mass is 152 g/mol. The fourth-order valence-corrected chi connectivity index (χ4v) is 0.681. The van der Waals surface area contributed by atoms with Crippen molar-refractivity contribution in [2.45, 2.75) is 13.8 Å². The largest absolute Gasteiger partial charge is 0.404 e. The summed E-state index contributed by atoms with van der Waals surface area (Å²) in [7, 11) is 1.74. The standard InChI is InChI=1S/C9H16N2/c1-8(2)9(7-10)5-4-6-11-3/h4-8H,10H2,1-3H3/b5-4-,9-7-,11-6-. The molecule has 0 aliphatic rings. The Morgan fingerprint density at radius 1 is 1.45 bits per heavy atom. The van der Waals surface area contributed by atoms with Crippen molar-refractivity contribution in [3.8, 4) is 0 Å². The quantitative estimate of drug-likeness (QED) is 0.485. The highest BCUT2D eigenvalue weighted by Gasteiger charge is 1.95. The summed E-state index contributed by atoms with van der Waals surface area (Å²) in [4.78, 5) is 3.82. The topological polar surface area (TPSA) is 38.4 Å². The number of allylic oxidation sites excluding steroid dienone is 3. The summed E-state index contributed by atoms with van der Waals surface area (Å²) >= 11 is 0. The average molecular weight is 152 g/mol. The van der Waals surface area contributed by atoms with E-state index in [0.29, 0.717) is 5.92 Å². The predicted octanol–water partition coefficient (Wildman–Crippen LogP) is 1.74. The molecule has 11 heavy (non-hydrogen) atoms. The van der Waals surface area contributed by atoms with E-state index in [0.717, 1.165) is 5.57 Å². The summed E-state index contributed by atoms with van der Waals surface area (Å²) in [5.41, 5.74) is 6.53. The van der Waals surface area contributed by atoms with Crippen molar-refractivity contribution in [3.05, 3.63) is 23.9 Å². The summed E-state index contributed by atoms with van der Waals surface area (Å²) in [5, 5.41) is 0. The Morgan fingerprint density at radius 2 is 2.09 bits per heavy atom. The third-order valence-electron chi connectivity index (χ3n) is 1.38. The Balaban J connectivity index is 4.10. The van der Waals surface area contributed by atoms with E-state index in [1.165, 1.54) is 0 Å². The molecule has 0 fully saturated rings. The van der Waals surface area contributed by atoms with Crippen LogP contribution in [0.4, 0.5) is 0 Å². The van der Waals surface area contributed by atoms with Crippen LogP contribution in [0.15, 0.2) is 28.9 Å². The number of nitrogens with two attached hydrogens (primary N) is 1. The van der Waals surface area contributed by atoms with Crippen molar-refractivity contribution in [1.29, 1.82) is 0 Å². The van der Waals surface area contributed by atoms with Gasteiger partial charge in [-0.1, -0.05) is 19.9 Å². The molecule has 0 saturated heterocycles. The highest BCUT2D eigenvalue weighted by molar-refractivity contribution is 5.71. The Hall–Kier alpha value is -1.05. The molecular weight excluding hydrogens is 136 g/mol. The molecule has 62 valence electrons. The summed E-state index contributed by atoms with van der Waals surface area (Å²) in [6, 6.07) is 0. The Bertz CT molecular complexity index is 176. The molecule has 0 amide bonds. The minimum atomic E-state index is 0.474. The zero-order valence-electron chi connectivity index (χ0n) is 7.41. The first kappa shape index (κ1) is 9.95. The predicted molar refractivity (Wildman–Crippen MR) is 50.7 cm³/mol. The van der Waals surface area contributed by atoms with Crippen LogP contribution in [0.25, 0.3) is 0 Å². The zero-order valence-corrected chi connectivity index (χ0v) is 7.41. The van der Waals surface area contributed by atoms with E-state index in [2.05, 4.69) is 18.8 Å². The van der Waals surface area contributed by atoms with Gasteiger partial charge >= 0.3 is 0 Å². The van der Waals surface area contributed by atoms with Crippen LogP contribution in [0.3, 0.4) is 0 Å². The number of nitrogens with zero attached hydrogens (tertiary/aromatic N) is 1. The molecule has 2 N–H and O–H groups in total. The first-order valence-corrected chi connectivity index (χ1v) is 3.73. The fourth-order valence-electron chi connectivity index (χ4n) is 0.681. The van der Waals surface area contributed by atoms with Crippen LogP contribution < -0.4 is 5.73 Å². The lowest BCUT2D eigenvalue weighted by Crippen LogP contribution is -1.94. The molecule has 0 heterocycles. The third-order valence-corrected chi connectivity index (χ3v) is 1.38. The maximum atomic E-state index is 5.40. The minimum absolute atomic E-state index is 0.474. The normalized spacial score (nSPS) is 14.0. The number of hydrogen-bond donors (Lipinski definition) is 1. The van der Waals surface area contributed by atoms with Crippen LogP contribution in [-0.4, -0.2) is 13.3 Å². The molecule has 0 spiro atoms. The summed E-state index contributed by atoms with van der Waals surface area (Å²) in [6.07, 6.45) is 7.23. The lowest BCUT2D eigenvalue weighted by atomic mass is 10.0. The van der Waals surface area contributed by atoms with Crippen LogP contribution in [0.2, 0.25) is 0 Å². The average Bonchev–Trinajstić information content (AvgIpc) is 1.97. The molecule has 2 heteroatoms. The van der Waals surface area contributed by atoms with Crippen molar-refractivity contribution < 1.29 is 0 Å². The van der Waals surface area contributed by atoms with Crippen molar-refractivity contribution in [1.82, 2.24) is 0 Å². The molecule has 2 nitrogen and oxygen atoms in total. The zero-order chi connectivity index (χ0) is 8.69. The van der Waals surface area contributed by atoms with Crippen molar-refractivity contribution in [3.63, 3.8) is 0 Å². The van der Waals surface area contributed by atoms with Gasteiger partial charge in [0.1, 0.15) is 0 Å². The third kappa shape index (κ3) is 4.37. The first-order chi connectivity index (χ1) is 5.22. The van der Waals surface area contributed by atoms with E-state index in [9.17, 15) is 0 Å². The lowest BCUT2D eigenvalue weighted by molar-refractivity contribution is 0.788. The van der Waals surface area contributed by atoms with Crippen molar-refractivity contribution in [2.75, 3.05) is 7.05 Å². The van der Waals surface area contributed by atoms with Gasteiger partial charge in [0, 0.05) is 13.3 Å². The van der Waals surface area contributed by atoms with Crippen molar-refractivity contribution in [2.24, 2.45) is 16.6 Å². The molecule has 0 aromatic heterocycles. The van der Waals surface area contributed by atoms with E-state index < -0.39 is 0 Å². The maximum absolute atomic E-state index is 5.40. The molecule has 0 aliphatic heterocycles. The molecule has 0 aromatic carbocycles. The van der Waals surface area contributed by atoms with Gasteiger partial charge in [-0.25, -0.2) is 0 Å². The van der Waals surface area contributed by atoms with Crippen LogP contribution in [-0.2, 0) is 0 Å². The van der Waals surface area contributed by atoms with Crippen LogP contribution in [0, 0.1) is 5.92 Å². The molecule has 0 saturated carbocycles. The summed E-state index contributed by atoms with van der Waals surface area (Å²) in [5.74, 6) is 0.474. The molecule has 0 bridgehead atoms. The van der Waals surface area contributed by atoms with Gasteiger partial charge in [-0.15, -0.1) is 0 Å². The van der Waals surface area contributed by atoms with Gasteiger partial charge in [0.2, 0.25) is 0 Å². The number of aliphatic imine (C=N–C) groups is 1. The van der Waals surface area contributed by atoms with E-state index in [4.69, 9.17) is 5.73 Å². The van der Waals surface area contributed by atoms with E-state index >= 15 is 0 Å². The maximum Gasteiger partial charge on any atom is 0.0277 e. The molecule has 0 aliphatic carbocycles. The van der Waals surface area contributed by atoms with Crippen LogP contribution in [0.5, 0.6) is 0 Å².